The minimum absolute atomic E-state index is 0.297. The van der Waals surface area contributed by atoms with Crippen LogP contribution in [0.25, 0.3) is 0 Å². The van der Waals surface area contributed by atoms with Gasteiger partial charge in [-0.2, -0.15) is 0 Å². The second kappa shape index (κ2) is 6.60. The quantitative estimate of drug-likeness (QED) is 0.745. The average molecular weight is 245 g/mol. The Morgan fingerprint density at radius 1 is 1.50 bits per heavy atom. The van der Waals surface area contributed by atoms with Crippen molar-refractivity contribution in [1.82, 2.24) is 5.32 Å². The van der Waals surface area contributed by atoms with Crippen molar-refractivity contribution in [3.8, 4) is 5.75 Å². The van der Waals surface area contributed by atoms with Crippen LogP contribution < -0.4 is 5.32 Å². The van der Waals surface area contributed by atoms with E-state index < -0.39 is 16.6 Å². The number of halogens is 1. The van der Waals surface area contributed by atoms with Crippen LogP contribution in [0.2, 0.25) is 0 Å². The molecule has 0 radical (unpaired) electrons. The lowest BCUT2D eigenvalue weighted by Gasteiger charge is -2.06. The smallest absolute Gasteiger partial charge is 0.165 e. The summed E-state index contributed by atoms with van der Waals surface area (Å²) in [5.41, 5.74) is 0.539. The Labute approximate surface area is 97.1 Å². The van der Waals surface area contributed by atoms with Crippen molar-refractivity contribution >= 4 is 10.8 Å². The number of phenolic OH excluding ortho intramolecular Hbond substituents is 1. The summed E-state index contributed by atoms with van der Waals surface area (Å²) in [7, 11) is -0.771. The zero-order valence-corrected chi connectivity index (χ0v) is 10.0. The first-order valence-electron chi connectivity index (χ1n) is 5.08. The van der Waals surface area contributed by atoms with Gasteiger partial charge in [-0.25, -0.2) is 4.39 Å². The molecule has 0 aliphatic heterocycles. The molecule has 0 fully saturated rings. The first-order chi connectivity index (χ1) is 7.61. The molecule has 0 saturated carbocycles. The molecule has 0 aliphatic rings. The van der Waals surface area contributed by atoms with Crippen LogP contribution in [0.5, 0.6) is 5.75 Å². The van der Waals surface area contributed by atoms with Crippen molar-refractivity contribution in [2.24, 2.45) is 0 Å². The molecule has 1 aromatic carbocycles. The van der Waals surface area contributed by atoms with E-state index in [0.717, 1.165) is 6.42 Å². The highest BCUT2D eigenvalue weighted by Crippen LogP contribution is 2.20. The third-order valence-corrected chi connectivity index (χ3v) is 3.03. The maximum Gasteiger partial charge on any atom is 0.165 e. The maximum atomic E-state index is 12.9. The lowest BCUT2D eigenvalue weighted by atomic mass is 10.2. The van der Waals surface area contributed by atoms with Gasteiger partial charge in [0, 0.05) is 34.9 Å². The predicted molar refractivity (Wildman–Crippen MR) is 63.3 cm³/mol. The molecule has 5 heteroatoms. The molecule has 1 rings (SSSR count). The average Bonchev–Trinajstić information content (AvgIpc) is 2.23. The number of phenols is 1. The number of rotatable bonds is 6. The van der Waals surface area contributed by atoms with E-state index in [1.807, 2.05) is 0 Å². The maximum absolute atomic E-state index is 12.9. The van der Waals surface area contributed by atoms with Crippen molar-refractivity contribution in [1.29, 1.82) is 0 Å². The number of nitrogens with one attached hydrogen (secondary N) is 1. The topological polar surface area (TPSA) is 49.3 Å². The van der Waals surface area contributed by atoms with Gasteiger partial charge < -0.3 is 10.4 Å². The van der Waals surface area contributed by atoms with Crippen LogP contribution in [-0.4, -0.2) is 27.9 Å². The van der Waals surface area contributed by atoms with Gasteiger partial charge in [-0.3, -0.25) is 4.21 Å². The van der Waals surface area contributed by atoms with Gasteiger partial charge in [-0.1, -0.05) is 12.1 Å². The molecule has 16 heavy (non-hydrogen) atoms. The Morgan fingerprint density at radius 2 is 2.25 bits per heavy atom. The Morgan fingerprint density at radius 3 is 2.94 bits per heavy atom. The molecule has 1 atom stereocenters. The van der Waals surface area contributed by atoms with E-state index in [2.05, 4.69) is 5.32 Å². The Kier molecular flexibility index (Phi) is 5.42. The second-order valence-electron chi connectivity index (χ2n) is 3.56. The molecule has 1 unspecified atom stereocenters. The van der Waals surface area contributed by atoms with Gasteiger partial charge in [0.25, 0.3) is 0 Å². The molecule has 0 aliphatic carbocycles. The molecular formula is C11H16FNO2S. The molecule has 3 nitrogen and oxygen atoms in total. The summed E-state index contributed by atoms with van der Waals surface area (Å²) in [4.78, 5) is 0. The van der Waals surface area contributed by atoms with Gasteiger partial charge in [0.05, 0.1) is 0 Å². The number of benzene rings is 1. The second-order valence-corrected chi connectivity index (χ2v) is 5.11. The Bertz CT molecular complexity index is 371. The first-order valence-corrected chi connectivity index (χ1v) is 6.81. The van der Waals surface area contributed by atoms with Gasteiger partial charge >= 0.3 is 0 Å². The van der Waals surface area contributed by atoms with E-state index in [9.17, 15) is 13.7 Å². The van der Waals surface area contributed by atoms with Crippen LogP contribution >= 0.6 is 0 Å². The highest BCUT2D eigenvalue weighted by molar-refractivity contribution is 7.84. The van der Waals surface area contributed by atoms with Gasteiger partial charge in [0.2, 0.25) is 0 Å². The lowest BCUT2D eigenvalue weighted by molar-refractivity contribution is 0.423. The van der Waals surface area contributed by atoms with Crippen LogP contribution in [0.15, 0.2) is 18.2 Å². The summed E-state index contributed by atoms with van der Waals surface area (Å²) < 4.78 is 23.7. The standard InChI is InChI=1S/C11H16FNO2S/c1-16(15)7-3-6-13-8-9-4-2-5-10(12)11(9)14/h2,4-5,13-14H,3,6-8H2,1H3. The fourth-order valence-electron chi connectivity index (χ4n) is 1.33. The monoisotopic (exact) mass is 245 g/mol. The van der Waals surface area contributed by atoms with Crippen molar-refractivity contribution in [2.75, 3.05) is 18.6 Å². The van der Waals surface area contributed by atoms with Crippen LogP contribution in [-0.2, 0) is 17.3 Å². The molecule has 0 spiro atoms. The minimum atomic E-state index is -0.771. The zero-order chi connectivity index (χ0) is 12.0. The minimum Gasteiger partial charge on any atom is -0.505 e. The summed E-state index contributed by atoms with van der Waals surface area (Å²) in [5, 5.41) is 12.4. The third-order valence-electron chi connectivity index (χ3n) is 2.17. The number of hydrogen-bond acceptors (Lipinski definition) is 3. The number of para-hydroxylation sites is 1. The number of hydrogen-bond donors (Lipinski definition) is 2. The molecule has 90 valence electrons. The molecule has 0 heterocycles. The van der Waals surface area contributed by atoms with E-state index in [1.54, 1.807) is 18.4 Å². The molecule has 1 aromatic rings. The lowest BCUT2D eigenvalue weighted by Crippen LogP contribution is -2.16. The highest BCUT2D eigenvalue weighted by Gasteiger charge is 2.05. The SMILES string of the molecule is CS(=O)CCCNCc1cccc(F)c1O. The van der Waals surface area contributed by atoms with Gasteiger partial charge in [0.1, 0.15) is 0 Å². The zero-order valence-electron chi connectivity index (χ0n) is 9.20. The fourth-order valence-corrected chi connectivity index (χ4v) is 1.88. The van der Waals surface area contributed by atoms with Crippen molar-refractivity contribution < 1.29 is 13.7 Å². The van der Waals surface area contributed by atoms with E-state index in [-0.39, 0.29) is 5.75 Å². The fraction of sp³-hybridized carbons (Fsp3) is 0.455. The summed E-state index contributed by atoms with van der Waals surface area (Å²) in [6.07, 6.45) is 2.47. The van der Waals surface area contributed by atoms with Gasteiger partial charge in [-0.15, -0.1) is 0 Å². The third kappa shape index (κ3) is 4.28. The van der Waals surface area contributed by atoms with Crippen LogP contribution in [0.1, 0.15) is 12.0 Å². The molecule has 0 saturated heterocycles. The van der Waals surface area contributed by atoms with Crippen LogP contribution in [0.4, 0.5) is 4.39 Å². The Hall–Kier alpha value is -0.940. The van der Waals surface area contributed by atoms with E-state index in [0.29, 0.717) is 24.4 Å². The van der Waals surface area contributed by atoms with E-state index in [4.69, 9.17) is 0 Å². The normalized spacial score (nSPS) is 12.6. The summed E-state index contributed by atoms with van der Waals surface area (Å²) in [6, 6.07) is 4.45. The molecule has 0 bridgehead atoms. The Balaban J connectivity index is 2.32. The molecular weight excluding hydrogens is 229 g/mol. The largest absolute Gasteiger partial charge is 0.505 e. The molecule has 0 aromatic heterocycles. The van der Waals surface area contributed by atoms with Gasteiger partial charge in [-0.05, 0) is 19.0 Å². The van der Waals surface area contributed by atoms with Gasteiger partial charge in [0.15, 0.2) is 11.6 Å². The first kappa shape index (κ1) is 13.1. The van der Waals surface area contributed by atoms with Crippen LogP contribution in [0, 0.1) is 5.82 Å². The summed E-state index contributed by atoms with van der Waals surface area (Å²) in [5.74, 6) is -0.245. The highest BCUT2D eigenvalue weighted by atomic mass is 32.2. The summed E-state index contributed by atoms with van der Waals surface area (Å²) >= 11 is 0. The summed E-state index contributed by atoms with van der Waals surface area (Å²) in [6.45, 7) is 1.12. The van der Waals surface area contributed by atoms with Crippen LogP contribution in [0.3, 0.4) is 0 Å². The molecule has 0 amide bonds. The molecule has 2 N–H and O–H groups in total. The van der Waals surface area contributed by atoms with Crippen molar-refractivity contribution in [2.45, 2.75) is 13.0 Å². The predicted octanol–water partition coefficient (Wildman–Crippen LogP) is 1.39. The van der Waals surface area contributed by atoms with E-state index in [1.165, 1.54) is 6.07 Å². The van der Waals surface area contributed by atoms with E-state index >= 15 is 0 Å². The van der Waals surface area contributed by atoms with Crippen molar-refractivity contribution in [3.63, 3.8) is 0 Å². The number of aromatic hydroxyl groups is 1. The van der Waals surface area contributed by atoms with Crippen molar-refractivity contribution in [3.05, 3.63) is 29.6 Å².